The fraction of sp³-hybridized carbons (Fsp3) is 0.0588. The van der Waals surface area contributed by atoms with Crippen molar-refractivity contribution in [2.24, 2.45) is 0 Å². The summed E-state index contributed by atoms with van der Waals surface area (Å²) >= 11 is 5.96. The summed E-state index contributed by atoms with van der Waals surface area (Å²) in [5.74, 6) is -1.31. The minimum atomic E-state index is -4.63. The molecule has 0 aliphatic heterocycles. The average molecular weight is 368 g/mol. The predicted octanol–water partition coefficient (Wildman–Crippen LogP) is 4.36. The zero-order valence-electron chi connectivity index (χ0n) is 12.3. The molecule has 0 radical (unpaired) electrons. The summed E-state index contributed by atoms with van der Waals surface area (Å²) in [5, 5.41) is 9.52. The molecule has 1 N–H and O–H groups in total. The lowest BCUT2D eigenvalue weighted by atomic mass is 10.1. The molecule has 0 spiro atoms. The van der Waals surface area contributed by atoms with E-state index >= 15 is 0 Å². The Morgan fingerprint density at radius 3 is 2.32 bits per heavy atom. The molecule has 0 unspecified atom stereocenters. The number of halogens is 4. The Kier molecular flexibility index (Phi) is 4.04. The minimum absolute atomic E-state index is 0.0656. The number of pyridine rings is 1. The standard InChI is InChI=1S/C17H9ClF3NO3/c18-13-6-5-9(17(19,20)21)7-14(13)22-8-12(16(24)25)10-3-1-2-4-11(10)15(22)23/h1-8H,(H,24,25). The van der Waals surface area contributed by atoms with E-state index in [2.05, 4.69) is 0 Å². The molecule has 1 aromatic heterocycles. The maximum atomic E-state index is 13.0. The van der Waals surface area contributed by atoms with Crippen molar-refractivity contribution < 1.29 is 23.1 Å². The largest absolute Gasteiger partial charge is 0.478 e. The summed E-state index contributed by atoms with van der Waals surface area (Å²) in [7, 11) is 0. The number of carboxylic acid groups (broad SMARTS) is 1. The quantitative estimate of drug-likeness (QED) is 0.732. The second-order valence-electron chi connectivity index (χ2n) is 5.23. The van der Waals surface area contributed by atoms with E-state index in [-0.39, 0.29) is 27.0 Å². The van der Waals surface area contributed by atoms with Gasteiger partial charge >= 0.3 is 12.1 Å². The van der Waals surface area contributed by atoms with Gasteiger partial charge in [0.2, 0.25) is 0 Å². The molecule has 2 aromatic carbocycles. The number of fused-ring (bicyclic) bond motifs is 1. The first kappa shape index (κ1) is 17.0. The highest BCUT2D eigenvalue weighted by atomic mass is 35.5. The molecule has 0 atom stereocenters. The van der Waals surface area contributed by atoms with Crippen molar-refractivity contribution in [1.29, 1.82) is 0 Å². The highest BCUT2D eigenvalue weighted by Crippen LogP contribution is 2.33. The first-order valence-electron chi connectivity index (χ1n) is 6.95. The van der Waals surface area contributed by atoms with Gasteiger partial charge in [-0.2, -0.15) is 13.2 Å². The number of nitrogens with zero attached hydrogens (tertiary/aromatic N) is 1. The van der Waals surface area contributed by atoms with E-state index in [1.54, 1.807) is 6.07 Å². The van der Waals surface area contributed by atoms with Crippen molar-refractivity contribution in [3.63, 3.8) is 0 Å². The van der Waals surface area contributed by atoms with Crippen LogP contribution in [0.4, 0.5) is 13.2 Å². The van der Waals surface area contributed by atoms with Crippen LogP contribution in [-0.2, 0) is 6.18 Å². The number of hydrogen-bond acceptors (Lipinski definition) is 2. The highest BCUT2D eigenvalue weighted by molar-refractivity contribution is 6.32. The van der Waals surface area contributed by atoms with Gasteiger partial charge in [-0.25, -0.2) is 4.79 Å². The second kappa shape index (κ2) is 5.93. The summed E-state index contributed by atoms with van der Waals surface area (Å²) in [4.78, 5) is 24.1. The van der Waals surface area contributed by atoms with E-state index in [1.165, 1.54) is 18.2 Å². The third-order valence-electron chi connectivity index (χ3n) is 3.69. The Bertz CT molecular complexity index is 1060. The number of hydrogen-bond donors (Lipinski definition) is 1. The summed E-state index contributed by atoms with van der Waals surface area (Å²) in [5.41, 5.74) is -2.12. The molecule has 0 saturated carbocycles. The highest BCUT2D eigenvalue weighted by Gasteiger charge is 2.31. The van der Waals surface area contributed by atoms with Gasteiger partial charge in [-0.05, 0) is 24.3 Å². The van der Waals surface area contributed by atoms with E-state index in [0.717, 1.165) is 22.9 Å². The van der Waals surface area contributed by atoms with Crippen LogP contribution in [0.25, 0.3) is 16.5 Å². The van der Waals surface area contributed by atoms with Gasteiger partial charge in [-0.15, -0.1) is 0 Å². The maximum absolute atomic E-state index is 13.0. The van der Waals surface area contributed by atoms with Crippen molar-refractivity contribution in [2.45, 2.75) is 6.18 Å². The summed E-state index contributed by atoms with van der Waals surface area (Å²) < 4.78 is 39.7. The summed E-state index contributed by atoms with van der Waals surface area (Å²) in [6.07, 6.45) is -3.65. The van der Waals surface area contributed by atoms with Crippen LogP contribution in [0.15, 0.2) is 53.5 Å². The van der Waals surface area contributed by atoms with Gasteiger partial charge in [0, 0.05) is 17.0 Å². The van der Waals surface area contributed by atoms with Crippen LogP contribution in [0.2, 0.25) is 5.02 Å². The molecule has 128 valence electrons. The smallest absolute Gasteiger partial charge is 0.416 e. The van der Waals surface area contributed by atoms with Crippen molar-refractivity contribution in [2.75, 3.05) is 0 Å². The van der Waals surface area contributed by atoms with E-state index in [9.17, 15) is 27.9 Å². The van der Waals surface area contributed by atoms with Gasteiger partial charge in [-0.3, -0.25) is 9.36 Å². The average Bonchev–Trinajstić information content (AvgIpc) is 2.55. The zero-order chi connectivity index (χ0) is 18.4. The van der Waals surface area contributed by atoms with Crippen LogP contribution in [-0.4, -0.2) is 15.6 Å². The molecular formula is C17H9ClF3NO3. The summed E-state index contributed by atoms with van der Waals surface area (Å²) in [6, 6.07) is 8.48. The summed E-state index contributed by atoms with van der Waals surface area (Å²) in [6.45, 7) is 0. The Balaban J connectivity index is 2.39. The topological polar surface area (TPSA) is 59.3 Å². The van der Waals surface area contributed by atoms with Gasteiger partial charge in [-0.1, -0.05) is 29.8 Å². The van der Waals surface area contributed by atoms with Crippen LogP contribution in [0.5, 0.6) is 0 Å². The lowest BCUT2D eigenvalue weighted by Gasteiger charge is -2.14. The maximum Gasteiger partial charge on any atom is 0.416 e. The molecule has 0 aliphatic rings. The van der Waals surface area contributed by atoms with Crippen molar-refractivity contribution in [3.8, 4) is 5.69 Å². The first-order chi connectivity index (χ1) is 11.7. The molecule has 25 heavy (non-hydrogen) atoms. The number of carbonyl (C=O) groups is 1. The first-order valence-corrected chi connectivity index (χ1v) is 7.33. The van der Waals surface area contributed by atoms with Crippen LogP contribution >= 0.6 is 11.6 Å². The third kappa shape index (κ3) is 2.98. The number of benzene rings is 2. The number of alkyl halides is 3. The number of rotatable bonds is 2. The van der Waals surface area contributed by atoms with E-state index < -0.39 is 23.3 Å². The third-order valence-corrected chi connectivity index (χ3v) is 4.01. The Hall–Kier alpha value is -2.80. The molecule has 8 heteroatoms. The molecule has 0 aliphatic carbocycles. The Morgan fingerprint density at radius 1 is 1.08 bits per heavy atom. The molecule has 1 heterocycles. The van der Waals surface area contributed by atoms with Crippen LogP contribution < -0.4 is 5.56 Å². The van der Waals surface area contributed by atoms with Gasteiger partial charge in [0.15, 0.2) is 0 Å². The predicted molar refractivity (Wildman–Crippen MR) is 86.5 cm³/mol. The van der Waals surface area contributed by atoms with Crippen molar-refractivity contribution >= 4 is 28.3 Å². The van der Waals surface area contributed by atoms with Crippen LogP contribution in [0, 0.1) is 0 Å². The molecule has 0 amide bonds. The normalized spacial score (nSPS) is 11.7. The zero-order valence-corrected chi connectivity index (χ0v) is 13.1. The van der Waals surface area contributed by atoms with E-state index in [1.807, 2.05) is 0 Å². The molecular weight excluding hydrogens is 359 g/mol. The number of aromatic carboxylic acids is 1. The Morgan fingerprint density at radius 2 is 1.72 bits per heavy atom. The van der Waals surface area contributed by atoms with Crippen LogP contribution in [0.1, 0.15) is 15.9 Å². The minimum Gasteiger partial charge on any atom is -0.478 e. The van der Waals surface area contributed by atoms with Crippen molar-refractivity contribution in [3.05, 3.63) is 75.2 Å². The molecule has 0 bridgehead atoms. The molecule has 3 aromatic rings. The van der Waals surface area contributed by atoms with E-state index in [0.29, 0.717) is 6.07 Å². The monoisotopic (exact) mass is 367 g/mol. The van der Waals surface area contributed by atoms with Gasteiger partial charge in [0.25, 0.3) is 5.56 Å². The van der Waals surface area contributed by atoms with Gasteiger partial charge < -0.3 is 5.11 Å². The van der Waals surface area contributed by atoms with Crippen LogP contribution in [0.3, 0.4) is 0 Å². The lowest BCUT2D eigenvalue weighted by Crippen LogP contribution is -2.21. The molecule has 0 fully saturated rings. The number of carboxylic acids is 1. The number of aromatic nitrogens is 1. The van der Waals surface area contributed by atoms with Gasteiger partial charge in [0.1, 0.15) is 0 Å². The lowest BCUT2D eigenvalue weighted by molar-refractivity contribution is -0.137. The fourth-order valence-corrected chi connectivity index (χ4v) is 2.72. The second-order valence-corrected chi connectivity index (χ2v) is 5.64. The van der Waals surface area contributed by atoms with Gasteiger partial charge in [0.05, 0.1) is 21.8 Å². The Labute approximate surface area is 143 Å². The molecule has 4 nitrogen and oxygen atoms in total. The van der Waals surface area contributed by atoms with Crippen molar-refractivity contribution in [1.82, 2.24) is 4.57 Å². The van der Waals surface area contributed by atoms with E-state index in [4.69, 9.17) is 11.6 Å². The SMILES string of the molecule is O=C(O)c1cn(-c2cc(C(F)(F)F)ccc2Cl)c(=O)c2ccccc12. The fourth-order valence-electron chi connectivity index (χ4n) is 2.51. The molecule has 3 rings (SSSR count). The molecule has 0 saturated heterocycles.